The number of guanidine groups is 1. The summed E-state index contributed by atoms with van der Waals surface area (Å²) in [4.78, 5) is 56.4. The van der Waals surface area contributed by atoms with Crippen LogP contribution >= 0.6 is 23.2 Å². The molecule has 0 aliphatic carbocycles. The molecule has 0 bridgehead atoms. The molecular formula is C36H33Cl2FN6O5. The predicted octanol–water partition coefficient (Wildman–Crippen LogP) is 5.21. The molecule has 0 saturated carbocycles. The number of esters is 1. The first-order valence-corrected chi connectivity index (χ1v) is 16.3. The molecule has 1 heterocycles. The van der Waals surface area contributed by atoms with Crippen molar-refractivity contribution in [3.05, 3.63) is 118 Å². The highest BCUT2D eigenvalue weighted by molar-refractivity contribution is 6.40. The minimum atomic E-state index is -1.49. The van der Waals surface area contributed by atoms with Crippen LogP contribution in [-0.2, 0) is 25.7 Å². The van der Waals surface area contributed by atoms with Crippen molar-refractivity contribution in [2.45, 2.75) is 12.8 Å². The number of nitrogens with one attached hydrogen (secondary N) is 5. The Labute approximate surface area is 297 Å². The first-order chi connectivity index (χ1) is 24.2. The molecule has 4 aromatic carbocycles. The van der Waals surface area contributed by atoms with E-state index in [1.165, 1.54) is 0 Å². The van der Waals surface area contributed by atoms with E-state index in [4.69, 9.17) is 27.9 Å². The van der Waals surface area contributed by atoms with E-state index in [2.05, 4.69) is 31.6 Å². The lowest BCUT2D eigenvalue weighted by molar-refractivity contribution is -0.152. The Morgan fingerprint density at radius 3 is 2.26 bits per heavy atom. The lowest BCUT2D eigenvalue weighted by Crippen LogP contribution is -2.44. The Morgan fingerprint density at radius 1 is 0.880 bits per heavy atom. The lowest BCUT2D eigenvalue weighted by atomic mass is 10.0. The number of ether oxygens (including phenoxy) is 1. The van der Waals surface area contributed by atoms with Gasteiger partial charge in [0.25, 0.3) is 5.91 Å². The van der Waals surface area contributed by atoms with Gasteiger partial charge in [0.1, 0.15) is 12.8 Å². The summed E-state index contributed by atoms with van der Waals surface area (Å²) in [5.74, 6) is -4.03. The lowest BCUT2D eigenvalue weighted by Gasteiger charge is -2.19. The molecule has 3 amide bonds. The largest absolute Gasteiger partial charge is 0.460 e. The van der Waals surface area contributed by atoms with Gasteiger partial charge in [-0.05, 0) is 47.0 Å². The van der Waals surface area contributed by atoms with Gasteiger partial charge in [-0.3, -0.25) is 19.2 Å². The molecule has 11 nitrogen and oxygen atoms in total. The highest BCUT2D eigenvalue weighted by Gasteiger charge is 2.30. The Bertz CT molecular complexity index is 1860. The fourth-order valence-corrected chi connectivity index (χ4v) is 5.41. The van der Waals surface area contributed by atoms with Crippen LogP contribution in [0.5, 0.6) is 0 Å². The summed E-state index contributed by atoms with van der Waals surface area (Å²) in [6.07, 6.45) is -1.07. The molecule has 0 radical (unpaired) electrons. The second kappa shape index (κ2) is 17.3. The maximum Gasteiger partial charge on any atom is 0.320 e. The molecule has 5 N–H and O–H groups in total. The van der Waals surface area contributed by atoms with Crippen LogP contribution in [0.15, 0.2) is 102 Å². The highest BCUT2D eigenvalue weighted by atomic mass is 35.5. The van der Waals surface area contributed by atoms with Crippen molar-refractivity contribution in [2.75, 3.05) is 36.8 Å². The van der Waals surface area contributed by atoms with Crippen LogP contribution in [0.4, 0.5) is 15.8 Å². The second-order valence-electron chi connectivity index (χ2n) is 11.2. The molecule has 0 aromatic heterocycles. The van der Waals surface area contributed by atoms with Gasteiger partial charge in [0.15, 0.2) is 11.9 Å². The van der Waals surface area contributed by atoms with E-state index in [0.29, 0.717) is 17.2 Å². The van der Waals surface area contributed by atoms with Gasteiger partial charge in [-0.25, -0.2) is 9.38 Å². The van der Waals surface area contributed by atoms with E-state index in [0.717, 1.165) is 11.1 Å². The Hall–Kier alpha value is -5.46. The van der Waals surface area contributed by atoms with Crippen molar-refractivity contribution < 1.29 is 28.3 Å². The number of amides is 3. The molecule has 0 fully saturated rings. The molecule has 4 aromatic rings. The predicted molar refractivity (Wildman–Crippen MR) is 191 cm³/mol. The molecule has 5 rings (SSSR count). The number of carbonyl (C=O) groups excluding carboxylic acids is 4. The van der Waals surface area contributed by atoms with Crippen LogP contribution in [0.1, 0.15) is 15.9 Å². The van der Waals surface area contributed by atoms with Gasteiger partial charge in [-0.1, -0.05) is 89.9 Å². The summed E-state index contributed by atoms with van der Waals surface area (Å²) in [7, 11) is 0. The van der Waals surface area contributed by atoms with Crippen LogP contribution in [0.3, 0.4) is 0 Å². The summed E-state index contributed by atoms with van der Waals surface area (Å²) in [5.41, 5.74) is 3.15. The van der Waals surface area contributed by atoms with Gasteiger partial charge in [0.2, 0.25) is 11.8 Å². The number of nitrogens with zero attached hydrogens (tertiary/aromatic N) is 1. The molecule has 1 aliphatic rings. The number of anilines is 2. The zero-order chi connectivity index (χ0) is 35.5. The zero-order valence-corrected chi connectivity index (χ0v) is 28.1. The SMILES string of the molecule is O=C(CNC(=O)c1cccc(NC2=NC[C@@H](F)CN2)c1)NC[C@@H](C(=O)Nc1c(Cl)cc(-c2ccccc2)cc1Cl)C(=O)OCc1ccccc1. The number of benzene rings is 4. The maximum atomic E-state index is 13.5. The fourth-order valence-electron chi connectivity index (χ4n) is 4.83. The number of alkyl halides is 1. The van der Waals surface area contributed by atoms with Gasteiger partial charge in [-0.2, -0.15) is 0 Å². The van der Waals surface area contributed by atoms with E-state index in [9.17, 15) is 23.6 Å². The average Bonchev–Trinajstić information content (AvgIpc) is 3.13. The Kier molecular flexibility index (Phi) is 12.4. The van der Waals surface area contributed by atoms with E-state index in [1.807, 2.05) is 36.4 Å². The summed E-state index contributed by atoms with van der Waals surface area (Å²) in [5, 5.41) is 13.7. The van der Waals surface area contributed by atoms with Crippen LogP contribution in [0.25, 0.3) is 11.1 Å². The monoisotopic (exact) mass is 718 g/mol. The summed E-state index contributed by atoms with van der Waals surface area (Å²) < 4.78 is 18.8. The molecule has 0 saturated heterocycles. The third-order valence-electron chi connectivity index (χ3n) is 7.46. The molecule has 0 unspecified atom stereocenters. The number of hydrogen-bond donors (Lipinski definition) is 5. The standard InChI is InChI=1S/C36H33Cl2FN6O5/c37-29-15-25(23-10-5-2-6-11-23)16-30(38)32(29)45-34(48)28(35(49)50-21-22-8-3-1-4-9-22)19-40-31(46)20-41-33(47)24-12-7-13-27(14-24)44-36-42-17-26(39)18-43-36/h1-16,26,28H,17-21H2,(H,40,46)(H,41,47)(H,45,48)(H2,42,43,44)/t28-/m0/s1. The maximum absolute atomic E-state index is 13.5. The number of halogens is 3. The molecule has 14 heteroatoms. The zero-order valence-electron chi connectivity index (χ0n) is 26.6. The van der Waals surface area contributed by atoms with Crippen molar-refractivity contribution in [3.8, 4) is 11.1 Å². The fraction of sp³-hybridized carbons (Fsp3) is 0.194. The van der Waals surface area contributed by atoms with Crippen molar-refractivity contribution >= 4 is 64.2 Å². The first kappa shape index (κ1) is 35.8. The third kappa shape index (κ3) is 10.0. The van der Waals surface area contributed by atoms with Gasteiger partial charge in [-0.15, -0.1) is 0 Å². The number of carbonyl (C=O) groups is 4. The van der Waals surface area contributed by atoms with Crippen LogP contribution in [0, 0.1) is 5.92 Å². The average molecular weight is 720 g/mol. The molecule has 50 heavy (non-hydrogen) atoms. The molecule has 0 spiro atoms. The van der Waals surface area contributed by atoms with E-state index in [-0.39, 0.29) is 41.0 Å². The second-order valence-corrected chi connectivity index (χ2v) is 12.0. The van der Waals surface area contributed by atoms with Gasteiger partial charge in [0, 0.05) is 17.8 Å². The summed E-state index contributed by atoms with van der Waals surface area (Å²) in [6, 6.07) is 28.0. The van der Waals surface area contributed by atoms with Crippen LogP contribution in [0.2, 0.25) is 10.0 Å². The van der Waals surface area contributed by atoms with E-state index in [1.54, 1.807) is 60.7 Å². The molecule has 1 aliphatic heterocycles. The van der Waals surface area contributed by atoms with Crippen LogP contribution in [-0.4, -0.2) is 62.0 Å². The van der Waals surface area contributed by atoms with Gasteiger partial charge >= 0.3 is 5.97 Å². The minimum Gasteiger partial charge on any atom is -0.460 e. The third-order valence-corrected chi connectivity index (χ3v) is 8.06. The molecular weight excluding hydrogens is 686 g/mol. The van der Waals surface area contributed by atoms with E-state index >= 15 is 0 Å². The first-order valence-electron chi connectivity index (χ1n) is 15.6. The topological polar surface area (TPSA) is 150 Å². The van der Waals surface area contributed by atoms with Crippen molar-refractivity contribution in [1.29, 1.82) is 0 Å². The van der Waals surface area contributed by atoms with Gasteiger partial charge < -0.3 is 31.3 Å². The number of hydrogen-bond acceptors (Lipinski definition) is 8. The number of aliphatic imine (C=N–C) groups is 1. The van der Waals surface area contributed by atoms with E-state index < -0.39 is 48.9 Å². The molecule has 258 valence electrons. The molecule has 2 atom stereocenters. The normalized spacial score (nSPS) is 14.3. The smallest absolute Gasteiger partial charge is 0.320 e. The summed E-state index contributed by atoms with van der Waals surface area (Å²) >= 11 is 13.0. The minimum absolute atomic E-state index is 0.0290. The van der Waals surface area contributed by atoms with Crippen molar-refractivity contribution in [1.82, 2.24) is 16.0 Å². The highest BCUT2D eigenvalue weighted by Crippen LogP contribution is 2.36. The van der Waals surface area contributed by atoms with Crippen molar-refractivity contribution in [2.24, 2.45) is 10.9 Å². The Balaban J connectivity index is 1.21. The Morgan fingerprint density at radius 2 is 1.58 bits per heavy atom. The number of rotatable bonds is 12. The van der Waals surface area contributed by atoms with Crippen LogP contribution < -0.4 is 26.6 Å². The van der Waals surface area contributed by atoms with Crippen molar-refractivity contribution in [3.63, 3.8) is 0 Å². The van der Waals surface area contributed by atoms with Gasteiger partial charge in [0.05, 0.1) is 35.4 Å². The quantitative estimate of drug-likeness (QED) is 0.0997. The summed E-state index contributed by atoms with van der Waals surface area (Å²) in [6.45, 7) is -0.845.